The van der Waals surface area contributed by atoms with Crippen LogP contribution in [0.2, 0.25) is 0 Å². The maximum atomic E-state index is 14.7. The van der Waals surface area contributed by atoms with Crippen molar-refractivity contribution in [2.45, 2.75) is 18.8 Å². The highest BCUT2D eigenvalue weighted by Gasteiger charge is 2.30. The topological polar surface area (TPSA) is 71.7 Å². The summed E-state index contributed by atoms with van der Waals surface area (Å²) in [5.41, 5.74) is 1.35. The molecule has 1 aliphatic heterocycles. The molecular weight excluding hydrogens is 447 g/mol. The Hall–Kier alpha value is -3.78. The van der Waals surface area contributed by atoms with E-state index in [1.54, 1.807) is 24.3 Å². The first-order chi connectivity index (χ1) is 16.4. The molecule has 0 unspecified atom stereocenters. The molecule has 34 heavy (non-hydrogen) atoms. The van der Waals surface area contributed by atoms with Crippen molar-refractivity contribution in [3.8, 4) is 22.6 Å². The highest BCUT2D eigenvalue weighted by Crippen LogP contribution is 2.46. The van der Waals surface area contributed by atoms with Gasteiger partial charge in [0.05, 0.1) is 5.52 Å². The minimum Gasteiger partial charge on any atom is -0.507 e. The molecule has 1 aromatic heterocycles. The summed E-state index contributed by atoms with van der Waals surface area (Å²) in [7, 11) is 0. The maximum absolute atomic E-state index is 14.7. The quantitative estimate of drug-likeness (QED) is 0.386. The number of rotatable bonds is 4. The van der Waals surface area contributed by atoms with Crippen LogP contribution in [0.3, 0.4) is 0 Å². The van der Waals surface area contributed by atoms with Gasteiger partial charge in [-0.3, -0.25) is 0 Å². The third-order valence-electron chi connectivity index (χ3n) is 6.25. The van der Waals surface area contributed by atoms with Gasteiger partial charge in [0, 0.05) is 41.5 Å². The van der Waals surface area contributed by atoms with E-state index in [2.05, 4.69) is 0 Å². The molecule has 5 nitrogen and oxygen atoms in total. The predicted octanol–water partition coefficient (Wildman–Crippen LogP) is 6.01. The molecule has 8 heteroatoms. The lowest BCUT2D eigenvalue weighted by atomic mass is 9.89. The van der Waals surface area contributed by atoms with Crippen LogP contribution in [0, 0.1) is 17.5 Å². The molecule has 2 N–H and O–H groups in total. The summed E-state index contributed by atoms with van der Waals surface area (Å²) in [5, 5.41) is 20.4. The number of nitrogens with zero attached hydrogens (tertiary/aromatic N) is 1. The number of benzene rings is 3. The molecule has 0 bridgehead atoms. The molecule has 2 heterocycles. The van der Waals surface area contributed by atoms with Gasteiger partial charge in [0.1, 0.15) is 28.8 Å². The number of aromatic nitrogens is 1. The zero-order valence-corrected chi connectivity index (χ0v) is 17.9. The zero-order valence-electron chi connectivity index (χ0n) is 17.9. The molecule has 5 rings (SSSR count). The Labute approximate surface area is 192 Å². The largest absolute Gasteiger partial charge is 0.507 e. The van der Waals surface area contributed by atoms with E-state index in [-0.39, 0.29) is 17.2 Å². The summed E-state index contributed by atoms with van der Waals surface area (Å²) in [4.78, 5) is 11.3. The van der Waals surface area contributed by atoms with E-state index in [0.717, 1.165) is 12.1 Å². The number of carboxylic acid groups (broad SMARTS) is 1. The number of halogens is 3. The molecule has 0 saturated carbocycles. The number of hydrogen-bond donors (Lipinski definition) is 2. The normalized spacial score (nSPS) is 14.6. The Kier molecular flexibility index (Phi) is 5.53. The summed E-state index contributed by atoms with van der Waals surface area (Å²) in [5.74, 6) is -4.72. The summed E-state index contributed by atoms with van der Waals surface area (Å²) < 4.78 is 50.6. The molecule has 3 aromatic carbocycles. The Balaban J connectivity index is 1.90. The van der Waals surface area contributed by atoms with Crippen LogP contribution < -0.4 is 0 Å². The first-order valence-electron chi connectivity index (χ1n) is 10.8. The number of phenols is 1. The number of fused-ring (bicyclic) bond motifs is 1. The van der Waals surface area contributed by atoms with Gasteiger partial charge < -0.3 is 19.5 Å². The van der Waals surface area contributed by atoms with Crippen LogP contribution in [0.25, 0.3) is 27.7 Å². The third kappa shape index (κ3) is 3.60. The number of aromatic hydroxyl groups is 1. The lowest BCUT2D eigenvalue weighted by Crippen LogP contribution is -2.17. The Morgan fingerprint density at radius 2 is 1.62 bits per heavy atom. The highest BCUT2D eigenvalue weighted by atomic mass is 19.1. The van der Waals surface area contributed by atoms with E-state index in [9.17, 15) is 28.2 Å². The van der Waals surface area contributed by atoms with Crippen molar-refractivity contribution in [2.24, 2.45) is 0 Å². The van der Waals surface area contributed by atoms with Gasteiger partial charge in [-0.1, -0.05) is 6.07 Å². The zero-order chi connectivity index (χ0) is 24.0. The number of hydrogen-bond acceptors (Lipinski definition) is 3. The van der Waals surface area contributed by atoms with Crippen LogP contribution in [0.4, 0.5) is 13.2 Å². The van der Waals surface area contributed by atoms with Crippen LogP contribution in [-0.2, 0) is 4.74 Å². The summed E-state index contributed by atoms with van der Waals surface area (Å²) in [6.07, 6.45) is 1.26. The third-order valence-corrected chi connectivity index (χ3v) is 6.25. The van der Waals surface area contributed by atoms with Crippen LogP contribution >= 0.6 is 0 Å². The number of phenolic OH excluding ortho intramolecular Hbond substituents is 1. The van der Waals surface area contributed by atoms with E-state index >= 15 is 0 Å². The Morgan fingerprint density at radius 1 is 0.971 bits per heavy atom. The van der Waals surface area contributed by atoms with Crippen molar-refractivity contribution < 1.29 is 32.9 Å². The summed E-state index contributed by atoms with van der Waals surface area (Å²) >= 11 is 0. The lowest BCUT2D eigenvalue weighted by Gasteiger charge is -2.26. The van der Waals surface area contributed by atoms with Gasteiger partial charge in [-0.05, 0) is 66.9 Å². The number of carboxylic acids is 1. The van der Waals surface area contributed by atoms with Crippen molar-refractivity contribution in [1.29, 1.82) is 0 Å². The fourth-order valence-electron chi connectivity index (χ4n) is 4.78. The van der Waals surface area contributed by atoms with Gasteiger partial charge in [0.15, 0.2) is 0 Å². The van der Waals surface area contributed by atoms with Crippen LogP contribution in [0.1, 0.15) is 34.8 Å². The number of ether oxygens (including phenoxy) is 1. The number of carbonyl (C=O) groups is 1. The molecule has 0 atom stereocenters. The van der Waals surface area contributed by atoms with Crippen molar-refractivity contribution in [3.63, 3.8) is 0 Å². The van der Waals surface area contributed by atoms with Crippen LogP contribution in [0.5, 0.6) is 5.75 Å². The van der Waals surface area contributed by atoms with E-state index in [1.165, 1.54) is 18.2 Å². The minimum absolute atomic E-state index is 0.0918. The fraction of sp³-hybridized carbons (Fsp3) is 0.192. The minimum atomic E-state index is -1.71. The molecule has 0 amide bonds. The molecule has 1 aliphatic rings. The predicted molar refractivity (Wildman–Crippen MR) is 120 cm³/mol. The molecule has 4 aromatic rings. The first kappa shape index (κ1) is 22.0. The molecule has 1 saturated heterocycles. The fourth-order valence-corrected chi connectivity index (χ4v) is 4.78. The second kappa shape index (κ2) is 8.53. The number of aromatic carboxylic acids is 1. The van der Waals surface area contributed by atoms with E-state index < -0.39 is 29.0 Å². The second-order valence-electron chi connectivity index (χ2n) is 8.25. The van der Waals surface area contributed by atoms with Crippen LogP contribution in [0.15, 0.2) is 54.6 Å². The van der Waals surface area contributed by atoms with E-state index in [4.69, 9.17) is 4.74 Å². The SMILES string of the molecule is O=C(O)c1c(F)cc(-c2c(C3CCOCC3)n(-c3ccc(F)cc3)c3cccc(O)c23)cc1F. The molecule has 174 valence electrons. The maximum Gasteiger partial charge on any atom is 0.341 e. The standard InChI is InChI=1S/C26H20F3NO4/c27-16-4-6-17(7-5-16)30-20-2-1-3-21(31)24(20)22(25(30)14-8-10-34-11-9-14)15-12-18(28)23(26(32)33)19(29)13-15/h1-7,12-14,31H,8-11H2,(H,32,33). The van der Waals surface area contributed by atoms with Gasteiger partial charge in [0.25, 0.3) is 0 Å². The van der Waals surface area contributed by atoms with Crippen LogP contribution in [-0.4, -0.2) is 34.0 Å². The molecular formula is C26H20F3NO4. The molecule has 0 spiro atoms. The monoisotopic (exact) mass is 467 g/mol. The van der Waals surface area contributed by atoms with Gasteiger partial charge >= 0.3 is 5.97 Å². The Bertz CT molecular complexity index is 1380. The van der Waals surface area contributed by atoms with Gasteiger partial charge in [-0.25, -0.2) is 18.0 Å². The lowest BCUT2D eigenvalue weighted by molar-refractivity contribution is 0.0686. The highest BCUT2D eigenvalue weighted by molar-refractivity contribution is 6.03. The summed E-state index contributed by atoms with van der Waals surface area (Å²) in [6.45, 7) is 0.976. The average molecular weight is 467 g/mol. The van der Waals surface area contributed by atoms with E-state index in [1.807, 2.05) is 4.57 Å². The van der Waals surface area contributed by atoms with E-state index in [0.29, 0.717) is 53.9 Å². The van der Waals surface area contributed by atoms with Crippen molar-refractivity contribution in [1.82, 2.24) is 4.57 Å². The molecule has 0 radical (unpaired) electrons. The summed E-state index contributed by atoms with van der Waals surface area (Å²) in [6, 6.07) is 12.7. The van der Waals surface area contributed by atoms with Crippen molar-refractivity contribution in [3.05, 3.63) is 83.3 Å². The van der Waals surface area contributed by atoms with Crippen molar-refractivity contribution >= 4 is 16.9 Å². The van der Waals surface area contributed by atoms with Gasteiger partial charge in [-0.15, -0.1) is 0 Å². The van der Waals surface area contributed by atoms with Crippen molar-refractivity contribution in [2.75, 3.05) is 13.2 Å². The second-order valence-corrected chi connectivity index (χ2v) is 8.25. The van der Waals surface area contributed by atoms with Gasteiger partial charge in [-0.2, -0.15) is 0 Å². The smallest absolute Gasteiger partial charge is 0.341 e. The molecule has 0 aliphatic carbocycles. The molecule has 1 fully saturated rings. The van der Waals surface area contributed by atoms with Gasteiger partial charge in [0.2, 0.25) is 0 Å². The first-order valence-corrected chi connectivity index (χ1v) is 10.8. The average Bonchev–Trinajstić information content (AvgIpc) is 3.16. The Morgan fingerprint density at radius 3 is 2.24 bits per heavy atom.